The Kier molecular flexibility index (Phi) is 16.7. The summed E-state index contributed by atoms with van der Waals surface area (Å²) < 4.78 is 33.4. The van der Waals surface area contributed by atoms with Crippen molar-refractivity contribution < 1.29 is 17.7 Å². The zero-order valence-corrected chi connectivity index (χ0v) is 77.7. The first-order chi connectivity index (χ1) is 70.6. The van der Waals surface area contributed by atoms with Gasteiger partial charge in [0, 0.05) is 108 Å². The first-order valence-electron chi connectivity index (χ1n) is 48.3. The molecule has 32 aromatic rings. The number of hydrogen-bond donors (Lipinski definition) is 0. The number of benzene rings is 21. The first kappa shape index (κ1) is 79.3. The van der Waals surface area contributed by atoms with Crippen molar-refractivity contribution in [3.63, 3.8) is 0 Å². The summed E-state index contributed by atoms with van der Waals surface area (Å²) in [7, 11) is 0. The van der Waals surface area contributed by atoms with E-state index in [4.69, 9.17) is 47.6 Å². The predicted molar refractivity (Wildman–Crippen MR) is 590 cm³/mol. The molecule has 0 amide bonds. The Morgan fingerprint density at radius 2 is 0.587 bits per heavy atom. The number of rotatable bonds is 6. The van der Waals surface area contributed by atoms with E-state index >= 15 is 0 Å². The van der Waals surface area contributed by atoms with Crippen LogP contribution in [0.5, 0.6) is 0 Å². The summed E-state index contributed by atoms with van der Waals surface area (Å²) in [5.41, 5.74) is 20.2. The fraction of sp³-hybridized carbons (Fsp3) is 0.0233. The van der Waals surface area contributed by atoms with Gasteiger partial charge in [-0.15, -0.1) is 11.3 Å². The largest absolute Gasteiger partial charge is 0.456 e. The van der Waals surface area contributed by atoms with E-state index in [1.165, 1.54) is 118 Å². The summed E-state index contributed by atoms with van der Waals surface area (Å²) >= 11 is 1.72. The molecule has 21 aromatic carbocycles. The van der Waals surface area contributed by atoms with E-state index in [1.807, 2.05) is 78.9 Å². The molecule has 0 aliphatic heterocycles. The minimum absolute atomic E-state index is 0.319. The number of para-hydroxylation sites is 4. The van der Waals surface area contributed by atoms with Crippen LogP contribution < -0.4 is 0 Å². The third-order valence-electron chi connectivity index (χ3n) is 29.9. The molecule has 666 valence electrons. The second-order valence-electron chi connectivity index (χ2n) is 38.2. The molecule has 0 fully saturated rings. The van der Waals surface area contributed by atoms with Crippen LogP contribution >= 0.6 is 11.3 Å². The van der Waals surface area contributed by atoms with E-state index in [2.05, 4.69) is 367 Å². The van der Waals surface area contributed by atoms with Crippen LogP contribution in [0.15, 0.2) is 436 Å². The Labute approximate surface area is 816 Å². The maximum absolute atomic E-state index is 6.48. The van der Waals surface area contributed by atoms with Crippen LogP contribution in [0.3, 0.4) is 0 Å². The van der Waals surface area contributed by atoms with Gasteiger partial charge in [-0.1, -0.05) is 293 Å². The quantitative estimate of drug-likeness (QED) is 0.158. The number of nitrogens with zero attached hydrogens (tertiary/aromatic N) is 9. The van der Waals surface area contributed by atoms with Gasteiger partial charge in [0.1, 0.15) is 49.7 Å². The summed E-state index contributed by atoms with van der Waals surface area (Å²) in [4.78, 5) is 33.2. The van der Waals surface area contributed by atoms with Crippen LogP contribution in [-0.2, 0) is 5.41 Å². The molecule has 143 heavy (non-hydrogen) atoms. The van der Waals surface area contributed by atoms with Crippen molar-refractivity contribution in [2.24, 2.45) is 0 Å². The molecule has 0 N–H and O–H groups in total. The summed E-state index contributed by atoms with van der Waals surface area (Å²) in [5.74, 6) is 4.56. The van der Waals surface area contributed by atoms with E-state index < -0.39 is 0 Å². The van der Waals surface area contributed by atoms with Crippen molar-refractivity contribution in [3.05, 3.63) is 430 Å². The van der Waals surface area contributed by atoms with Crippen molar-refractivity contribution >= 4 is 250 Å². The standard InChI is InChI=1S/C45H29N3O.C42H23N3O2.C42H23N3OS/c1-45(2)36-17-9-7-16-33(36)41-42(45)46-43(30-19-20-32-31-15-8-10-18-39(31)49-40(32)25-30)47-44(41)48-37-23-28-13-5-3-11-26(28)21-34(37)35-22-27-12-4-6-14-29(27)24-38(35)48;1-2-11-26-23-34-32(21-25(26)10-1)38-28-12-4-3-9-24(28)17-19-33(38)45(34)41-39-30-14-6-8-16-36(30)47-42(39)44-40(43-41)27-18-20-37-31(22-27)29-13-5-7-15-35(29)46-37;1-2-11-26-23-34-32(21-25(26)10-1)38-28-12-4-3-9-24(28)17-19-33(38)45(34)41-39-30-14-6-8-16-37(30)47-42(39)44-40(43-41)27-18-20-36-31(22-27)29-13-5-7-15-35(29)46-36/h3-25H,1-2H3;2*1-23H. The summed E-state index contributed by atoms with van der Waals surface area (Å²) in [6.07, 6.45) is 0. The van der Waals surface area contributed by atoms with Gasteiger partial charge in [-0.25, -0.2) is 24.9 Å². The average molecular weight is 1850 g/mol. The summed E-state index contributed by atoms with van der Waals surface area (Å²) in [6.45, 7) is 4.57. The van der Waals surface area contributed by atoms with Crippen LogP contribution in [-0.4, -0.2) is 43.6 Å². The molecular formula is C129H75N9O4S. The van der Waals surface area contributed by atoms with E-state index in [0.29, 0.717) is 23.2 Å². The summed E-state index contributed by atoms with van der Waals surface area (Å²) in [5, 5.41) is 32.4. The van der Waals surface area contributed by atoms with Gasteiger partial charge in [0.15, 0.2) is 29.1 Å². The molecule has 0 saturated heterocycles. The molecule has 0 spiro atoms. The second-order valence-corrected chi connectivity index (χ2v) is 39.3. The second kappa shape index (κ2) is 30.1. The van der Waals surface area contributed by atoms with Crippen LogP contribution in [0.1, 0.15) is 25.1 Å². The maximum atomic E-state index is 6.48. The zero-order valence-electron chi connectivity index (χ0n) is 76.9. The lowest BCUT2D eigenvalue weighted by atomic mass is 9.85. The fourth-order valence-electron chi connectivity index (χ4n) is 23.2. The number of hydrogen-bond acceptors (Lipinski definition) is 11. The Bertz CT molecular complexity index is 10700. The predicted octanol–water partition coefficient (Wildman–Crippen LogP) is 34.9. The number of fused-ring (bicyclic) bond motifs is 35. The minimum atomic E-state index is -0.319. The highest BCUT2D eigenvalue weighted by Gasteiger charge is 2.41. The molecule has 13 nitrogen and oxygen atoms in total. The third-order valence-corrected chi connectivity index (χ3v) is 30.9. The molecule has 1 aliphatic rings. The molecule has 1 aliphatic carbocycles. The van der Waals surface area contributed by atoms with Crippen LogP contribution in [0.25, 0.3) is 301 Å². The third kappa shape index (κ3) is 11.9. The molecule has 0 bridgehead atoms. The Morgan fingerprint density at radius 3 is 1.12 bits per heavy atom. The normalized spacial score (nSPS) is 12.7. The Morgan fingerprint density at radius 1 is 0.224 bits per heavy atom. The Hall–Kier alpha value is -18.8. The smallest absolute Gasteiger partial charge is 0.233 e. The van der Waals surface area contributed by atoms with Gasteiger partial charge in [0.25, 0.3) is 0 Å². The van der Waals surface area contributed by atoms with Gasteiger partial charge in [0.2, 0.25) is 5.71 Å². The van der Waals surface area contributed by atoms with Crippen LogP contribution in [0.2, 0.25) is 0 Å². The highest BCUT2D eigenvalue weighted by molar-refractivity contribution is 7.25. The molecule has 14 heteroatoms. The minimum Gasteiger partial charge on any atom is -0.456 e. The van der Waals surface area contributed by atoms with Gasteiger partial charge in [-0.3, -0.25) is 13.7 Å². The van der Waals surface area contributed by atoms with Crippen molar-refractivity contribution in [1.82, 2.24) is 43.6 Å². The molecule has 0 unspecified atom stereocenters. The van der Waals surface area contributed by atoms with E-state index in [0.717, 1.165) is 171 Å². The first-order valence-corrected chi connectivity index (χ1v) is 49.1. The number of thiophene rings is 1. The number of aromatic nitrogens is 9. The van der Waals surface area contributed by atoms with Crippen molar-refractivity contribution in [2.45, 2.75) is 19.3 Å². The lowest BCUT2D eigenvalue weighted by Gasteiger charge is -2.21. The SMILES string of the molecule is CC1(C)c2ccccc2-c2c(-n3c4cc5ccccc5cc4c4cc5ccccc5cc43)nc(-c3ccc4c(c3)oc3ccccc34)nc21.c1ccc2cc3c(cc2c1)c1c2ccccc2ccc1n3-c1nc(-c2ccc3oc4ccccc4c3c2)nc2oc3ccccc3c12.c1ccc2cc3c(cc2c1)c1c2ccccc2ccc1n3-c1nc(-c2ccc3oc4ccccc4c3c2)nc2sc3ccccc3c12. The van der Waals surface area contributed by atoms with Crippen LogP contribution in [0, 0.1) is 0 Å². The van der Waals surface area contributed by atoms with E-state index in [1.54, 1.807) is 11.3 Å². The average Bonchev–Trinajstić information content (AvgIpc) is 1.53. The lowest BCUT2D eigenvalue weighted by Crippen LogP contribution is -2.18. The molecule has 0 saturated carbocycles. The van der Waals surface area contributed by atoms with E-state index in [9.17, 15) is 0 Å². The van der Waals surface area contributed by atoms with Crippen LogP contribution in [0.4, 0.5) is 0 Å². The molecule has 33 rings (SSSR count). The molecule has 11 heterocycles. The topological polar surface area (TPSA) is 145 Å². The van der Waals surface area contributed by atoms with Gasteiger partial charge in [0.05, 0.1) is 49.6 Å². The molecule has 11 aromatic heterocycles. The Balaban J connectivity index is 0.0000000981. The van der Waals surface area contributed by atoms with Gasteiger partial charge < -0.3 is 17.7 Å². The summed E-state index contributed by atoms with van der Waals surface area (Å²) in [6, 6.07) is 148. The van der Waals surface area contributed by atoms with Crippen molar-refractivity contribution in [2.75, 3.05) is 0 Å². The highest BCUT2D eigenvalue weighted by Crippen LogP contribution is 2.54. The monoisotopic (exact) mass is 1850 g/mol. The lowest BCUT2D eigenvalue weighted by molar-refractivity contribution is 0.635. The molecule has 0 atom stereocenters. The highest BCUT2D eigenvalue weighted by atomic mass is 32.1. The molecular weight excluding hydrogens is 1770 g/mol. The van der Waals surface area contributed by atoms with Gasteiger partial charge >= 0.3 is 0 Å². The van der Waals surface area contributed by atoms with Gasteiger partial charge in [-0.05, 0) is 215 Å². The zero-order chi connectivity index (χ0) is 93.7. The fourth-order valence-corrected chi connectivity index (χ4v) is 24.3. The van der Waals surface area contributed by atoms with Crippen molar-refractivity contribution in [1.29, 1.82) is 0 Å². The number of furan rings is 4. The molecule has 0 radical (unpaired) electrons. The van der Waals surface area contributed by atoms with E-state index in [-0.39, 0.29) is 5.41 Å². The van der Waals surface area contributed by atoms with Gasteiger partial charge in [-0.2, -0.15) is 4.98 Å². The van der Waals surface area contributed by atoms with Crippen molar-refractivity contribution in [3.8, 4) is 62.7 Å². The maximum Gasteiger partial charge on any atom is 0.233 e.